The molecule has 2 atom stereocenters. The number of hydrogen-bond donors (Lipinski definition) is 3. The van der Waals surface area contributed by atoms with Gasteiger partial charge in [0.2, 0.25) is 0 Å². The van der Waals surface area contributed by atoms with Crippen molar-refractivity contribution in [1.82, 2.24) is 4.57 Å². The first-order valence-electron chi connectivity index (χ1n) is 8.52. The molecule has 0 saturated heterocycles. The number of hydrogen-bond acceptors (Lipinski definition) is 2. The van der Waals surface area contributed by atoms with Gasteiger partial charge in [0.25, 0.3) is 0 Å². The maximum atomic E-state index is 10.5. The normalized spacial score (nSPS) is 14.3. The van der Waals surface area contributed by atoms with Crippen LogP contribution in [-0.2, 0) is 6.54 Å². The summed E-state index contributed by atoms with van der Waals surface area (Å²) in [6, 6.07) is 11.7. The van der Waals surface area contributed by atoms with E-state index in [1.165, 1.54) is 0 Å². The highest BCUT2D eigenvalue weighted by atomic mass is 35.5. The van der Waals surface area contributed by atoms with Gasteiger partial charge in [-0.2, -0.15) is 0 Å². The van der Waals surface area contributed by atoms with Gasteiger partial charge in [0.1, 0.15) is 18.7 Å². The summed E-state index contributed by atoms with van der Waals surface area (Å²) in [6.07, 6.45) is 0.348. The van der Waals surface area contributed by atoms with Gasteiger partial charge in [-0.3, -0.25) is 0 Å². The fourth-order valence-electron chi connectivity index (χ4n) is 3.25. The number of aliphatic hydroxyl groups excluding tert-OH is 2. The summed E-state index contributed by atoms with van der Waals surface area (Å²) in [6.45, 7) is 3.17. The Morgan fingerprint density at radius 2 is 1.60 bits per heavy atom. The van der Waals surface area contributed by atoms with E-state index in [-0.39, 0.29) is 12.6 Å². The van der Waals surface area contributed by atoms with Crippen LogP contribution in [0.4, 0.5) is 0 Å². The van der Waals surface area contributed by atoms with Crippen molar-refractivity contribution in [3.8, 4) is 0 Å². The van der Waals surface area contributed by atoms with Gasteiger partial charge in [-0.1, -0.05) is 30.1 Å². The number of aliphatic hydroxyl groups is 2. The standard InChI is InChI=1S/C19H22Cl2N2O2/c1-2-14(11-24)22-9-15(25)10-23-18-5-3-12(20)7-16(18)17-8-13(21)4-6-19(17)23/h3-8,14-15,22,24-25H,2,9-11H2,1H3/p+1/t14-,15-/m1/s1. The summed E-state index contributed by atoms with van der Waals surface area (Å²) < 4.78 is 2.11. The molecule has 0 aliphatic rings. The monoisotopic (exact) mass is 381 g/mol. The summed E-state index contributed by atoms with van der Waals surface area (Å²) in [5, 5.41) is 25.2. The van der Waals surface area contributed by atoms with Crippen molar-refractivity contribution in [1.29, 1.82) is 0 Å². The molecule has 3 aromatic rings. The largest absolute Gasteiger partial charge is 0.390 e. The second-order valence-electron chi connectivity index (χ2n) is 6.41. The summed E-state index contributed by atoms with van der Waals surface area (Å²) in [5.74, 6) is 0. The minimum absolute atomic E-state index is 0.121. The van der Waals surface area contributed by atoms with Gasteiger partial charge in [0, 0.05) is 31.9 Å². The molecule has 0 fully saturated rings. The van der Waals surface area contributed by atoms with Crippen molar-refractivity contribution in [3.63, 3.8) is 0 Å². The molecule has 0 saturated carbocycles. The number of nitrogens with two attached hydrogens (primary N) is 1. The van der Waals surface area contributed by atoms with Crippen molar-refractivity contribution in [2.45, 2.75) is 32.0 Å². The maximum Gasteiger partial charge on any atom is 0.121 e. The zero-order valence-electron chi connectivity index (χ0n) is 14.1. The average Bonchev–Trinajstić information content (AvgIpc) is 2.88. The van der Waals surface area contributed by atoms with E-state index < -0.39 is 6.10 Å². The van der Waals surface area contributed by atoms with Crippen LogP contribution in [0.5, 0.6) is 0 Å². The van der Waals surface area contributed by atoms with E-state index >= 15 is 0 Å². The van der Waals surface area contributed by atoms with E-state index in [4.69, 9.17) is 23.2 Å². The van der Waals surface area contributed by atoms with Gasteiger partial charge in [0.15, 0.2) is 0 Å². The number of quaternary nitrogens is 1. The zero-order chi connectivity index (χ0) is 18.0. The first kappa shape index (κ1) is 18.5. The smallest absolute Gasteiger partial charge is 0.121 e. The van der Waals surface area contributed by atoms with Crippen LogP contribution in [0.15, 0.2) is 36.4 Å². The van der Waals surface area contributed by atoms with Gasteiger partial charge < -0.3 is 20.1 Å². The second kappa shape index (κ2) is 7.94. The van der Waals surface area contributed by atoms with E-state index in [0.717, 1.165) is 28.2 Å². The van der Waals surface area contributed by atoms with Crippen LogP contribution in [-0.4, -0.2) is 40.1 Å². The Bertz CT molecular complexity index is 815. The molecule has 25 heavy (non-hydrogen) atoms. The van der Waals surface area contributed by atoms with Crippen LogP contribution in [0, 0.1) is 0 Å². The molecule has 0 aliphatic carbocycles. The molecule has 0 amide bonds. The molecule has 1 heterocycles. The minimum Gasteiger partial charge on any atom is -0.390 e. The van der Waals surface area contributed by atoms with Gasteiger partial charge in [-0.25, -0.2) is 0 Å². The van der Waals surface area contributed by atoms with Gasteiger partial charge in [0.05, 0.1) is 13.2 Å². The van der Waals surface area contributed by atoms with Crippen molar-refractivity contribution < 1.29 is 15.5 Å². The summed E-state index contributed by atoms with van der Waals surface area (Å²) in [5.41, 5.74) is 2.05. The van der Waals surface area contributed by atoms with Crippen LogP contribution in [0.1, 0.15) is 13.3 Å². The topological polar surface area (TPSA) is 62.0 Å². The molecule has 1 aromatic heterocycles. The minimum atomic E-state index is -0.522. The molecule has 0 spiro atoms. The summed E-state index contributed by atoms with van der Waals surface area (Å²) >= 11 is 12.3. The van der Waals surface area contributed by atoms with Gasteiger partial charge >= 0.3 is 0 Å². The lowest BCUT2D eigenvalue weighted by molar-refractivity contribution is -0.696. The van der Waals surface area contributed by atoms with E-state index in [1.807, 2.05) is 48.6 Å². The van der Waals surface area contributed by atoms with Crippen molar-refractivity contribution >= 4 is 45.0 Å². The Morgan fingerprint density at radius 3 is 2.08 bits per heavy atom. The number of benzene rings is 2. The third kappa shape index (κ3) is 3.94. The number of nitrogens with zero attached hydrogens (tertiary/aromatic N) is 1. The molecular formula is C19H23Cl2N2O2+. The predicted octanol–water partition coefficient (Wildman–Crippen LogP) is 2.80. The number of rotatable bonds is 7. The molecule has 0 unspecified atom stereocenters. The third-order valence-electron chi connectivity index (χ3n) is 4.68. The van der Waals surface area contributed by atoms with Crippen molar-refractivity contribution in [3.05, 3.63) is 46.4 Å². The van der Waals surface area contributed by atoms with Crippen LogP contribution in [0.2, 0.25) is 10.0 Å². The highest BCUT2D eigenvalue weighted by molar-refractivity contribution is 6.33. The first-order chi connectivity index (χ1) is 12.0. The Hall–Kier alpha value is -1.30. The molecule has 3 rings (SSSR count). The Balaban J connectivity index is 1.94. The van der Waals surface area contributed by atoms with E-state index in [1.54, 1.807) is 0 Å². The quantitative estimate of drug-likeness (QED) is 0.589. The van der Waals surface area contributed by atoms with Crippen molar-refractivity contribution in [2.24, 2.45) is 0 Å². The van der Waals surface area contributed by atoms with E-state index in [9.17, 15) is 10.2 Å². The summed E-state index contributed by atoms with van der Waals surface area (Å²) in [4.78, 5) is 0. The highest BCUT2D eigenvalue weighted by Gasteiger charge is 2.17. The Kier molecular flexibility index (Phi) is 5.87. The van der Waals surface area contributed by atoms with Crippen LogP contribution < -0.4 is 5.32 Å². The molecule has 134 valence electrons. The van der Waals surface area contributed by atoms with Gasteiger partial charge in [-0.15, -0.1) is 0 Å². The molecule has 4 nitrogen and oxygen atoms in total. The molecule has 2 aromatic carbocycles. The maximum absolute atomic E-state index is 10.5. The molecular weight excluding hydrogens is 359 g/mol. The lowest BCUT2D eigenvalue weighted by atomic mass is 10.1. The lowest BCUT2D eigenvalue weighted by Crippen LogP contribution is -2.92. The van der Waals surface area contributed by atoms with Crippen LogP contribution in [0.3, 0.4) is 0 Å². The second-order valence-corrected chi connectivity index (χ2v) is 7.28. The molecule has 0 bridgehead atoms. The first-order valence-corrected chi connectivity index (χ1v) is 9.28. The molecule has 0 aliphatic heterocycles. The molecule has 0 radical (unpaired) electrons. The molecule has 6 heteroatoms. The number of halogens is 2. The van der Waals surface area contributed by atoms with E-state index in [0.29, 0.717) is 23.1 Å². The fraction of sp³-hybridized carbons (Fsp3) is 0.368. The van der Waals surface area contributed by atoms with Crippen LogP contribution >= 0.6 is 23.2 Å². The number of aromatic nitrogens is 1. The van der Waals surface area contributed by atoms with Crippen molar-refractivity contribution in [2.75, 3.05) is 13.2 Å². The lowest BCUT2D eigenvalue weighted by Gasteiger charge is -2.16. The van der Waals surface area contributed by atoms with Crippen LogP contribution in [0.25, 0.3) is 21.8 Å². The van der Waals surface area contributed by atoms with E-state index in [2.05, 4.69) is 4.57 Å². The van der Waals surface area contributed by atoms with Gasteiger partial charge in [-0.05, 0) is 42.8 Å². The molecule has 4 N–H and O–H groups in total. The Labute approximate surface area is 157 Å². The fourth-order valence-corrected chi connectivity index (χ4v) is 3.59. The third-order valence-corrected chi connectivity index (χ3v) is 5.15. The highest BCUT2D eigenvalue weighted by Crippen LogP contribution is 2.32. The number of fused-ring (bicyclic) bond motifs is 3. The Morgan fingerprint density at radius 1 is 1.04 bits per heavy atom. The predicted molar refractivity (Wildman–Crippen MR) is 103 cm³/mol. The zero-order valence-corrected chi connectivity index (χ0v) is 15.6. The average molecular weight is 382 g/mol. The SMILES string of the molecule is CC[C@H](CO)[NH2+]C[C@@H](O)Cn1c2ccc(Cl)cc2c2cc(Cl)ccc21. The summed E-state index contributed by atoms with van der Waals surface area (Å²) in [7, 11) is 0.